The maximum Gasteiger partial charge on any atom is 0.205 e. The number of ketones is 1. The van der Waals surface area contributed by atoms with Crippen molar-refractivity contribution < 1.29 is 13.6 Å². The van der Waals surface area contributed by atoms with Crippen molar-refractivity contribution >= 4 is 22.8 Å². The molecule has 0 unspecified atom stereocenters. The summed E-state index contributed by atoms with van der Waals surface area (Å²) in [6, 6.07) is 5.09. The van der Waals surface area contributed by atoms with Crippen LogP contribution in [0, 0.1) is 18.6 Å². The van der Waals surface area contributed by atoms with Gasteiger partial charge in [0.25, 0.3) is 0 Å². The van der Waals surface area contributed by atoms with E-state index in [-0.39, 0.29) is 17.0 Å². The van der Waals surface area contributed by atoms with Crippen LogP contribution >= 0.6 is 11.3 Å². The van der Waals surface area contributed by atoms with Crippen LogP contribution in [-0.2, 0) is 0 Å². The molecule has 0 spiro atoms. The fourth-order valence-electron chi connectivity index (χ4n) is 1.45. The van der Waals surface area contributed by atoms with Crippen LogP contribution in [0.1, 0.15) is 20.1 Å². The van der Waals surface area contributed by atoms with E-state index in [9.17, 15) is 13.6 Å². The summed E-state index contributed by atoms with van der Waals surface area (Å²) < 4.78 is 25.9. The summed E-state index contributed by atoms with van der Waals surface area (Å²) in [5.41, 5.74) is 5.45. The molecule has 0 amide bonds. The Labute approximate surface area is 101 Å². The van der Waals surface area contributed by atoms with E-state index >= 15 is 0 Å². The minimum atomic E-state index is -1.07. The molecule has 0 saturated heterocycles. The highest BCUT2D eigenvalue weighted by Gasteiger charge is 2.17. The van der Waals surface area contributed by atoms with Crippen molar-refractivity contribution in [3.05, 3.63) is 51.2 Å². The summed E-state index contributed by atoms with van der Waals surface area (Å²) in [4.78, 5) is 13.4. The van der Waals surface area contributed by atoms with Gasteiger partial charge >= 0.3 is 0 Å². The summed E-state index contributed by atoms with van der Waals surface area (Å²) in [6.45, 7) is 1.86. The molecule has 1 aromatic carbocycles. The Morgan fingerprint density at radius 2 is 1.88 bits per heavy atom. The van der Waals surface area contributed by atoms with Gasteiger partial charge in [0.1, 0.15) is 0 Å². The zero-order valence-electron chi connectivity index (χ0n) is 8.96. The lowest BCUT2D eigenvalue weighted by atomic mass is 10.1. The molecule has 2 N–H and O–H groups in total. The molecule has 1 heterocycles. The van der Waals surface area contributed by atoms with E-state index in [4.69, 9.17) is 5.73 Å². The number of carbonyl (C=O) groups is 1. The Kier molecular flexibility index (Phi) is 2.93. The van der Waals surface area contributed by atoms with E-state index < -0.39 is 11.6 Å². The topological polar surface area (TPSA) is 43.1 Å². The van der Waals surface area contributed by atoms with Crippen LogP contribution in [0.3, 0.4) is 0 Å². The van der Waals surface area contributed by atoms with E-state index in [1.165, 1.54) is 11.3 Å². The van der Waals surface area contributed by atoms with Gasteiger partial charge < -0.3 is 5.73 Å². The molecule has 17 heavy (non-hydrogen) atoms. The third kappa shape index (κ3) is 2.19. The number of nitrogen functional groups attached to an aromatic ring is 1. The van der Waals surface area contributed by atoms with Crippen LogP contribution in [0.2, 0.25) is 0 Å². The van der Waals surface area contributed by atoms with Gasteiger partial charge in [0, 0.05) is 22.2 Å². The minimum Gasteiger partial charge on any atom is -0.398 e. The van der Waals surface area contributed by atoms with E-state index in [1.807, 2.05) is 6.92 Å². The van der Waals surface area contributed by atoms with Gasteiger partial charge in [-0.3, -0.25) is 4.79 Å². The number of hydrogen-bond acceptors (Lipinski definition) is 3. The Morgan fingerprint density at radius 3 is 2.47 bits per heavy atom. The second-order valence-corrected chi connectivity index (χ2v) is 4.88. The maximum atomic E-state index is 13.1. The van der Waals surface area contributed by atoms with Gasteiger partial charge in [-0.2, -0.15) is 0 Å². The van der Waals surface area contributed by atoms with Gasteiger partial charge in [-0.05, 0) is 25.1 Å². The number of benzene rings is 1. The first-order valence-electron chi connectivity index (χ1n) is 4.84. The van der Waals surface area contributed by atoms with E-state index in [2.05, 4.69) is 0 Å². The molecule has 0 aliphatic heterocycles. The van der Waals surface area contributed by atoms with Gasteiger partial charge in [0.2, 0.25) is 5.78 Å². The summed E-state index contributed by atoms with van der Waals surface area (Å²) in [5, 5.41) is 0. The first-order valence-corrected chi connectivity index (χ1v) is 5.66. The largest absolute Gasteiger partial charge is 0.398 e. The van der Waals surface area contributed by atoms with Crippen molar-refractivity contribution in [3.8, 4) is 0 Å². The van der Waals surface area contributed by atoms with Crippen LogP contribution in [0.4, 0.5) is 14.5 Å². The molecular formula is C12H9F2NOS. The molecular weight excluding hydrogens is 244 g/mol. The van der Waals surface area contributed by atoms with Crippen LogP contribution in [0.15, 0.2) is 24.3 Å². The molecule has 5 heteroatoms. The SMILES string of the molecule is Cc1ccc(C(=O)c2cc(F)c(F)cc2N)s1. The minimum absolute atomic E-state index is 0.00856. The fraction of sp³-hybridized carbons (Fsp3) is 0.0833. The molecule has 1 aromatic heterocycles. The predicted molar refractivity (Wildman–Crippen MR) is 63.3 cm³/mol. The van der Waals surface area contributed by atoms with Crippen molar-refractivity contribution in [1.82, 2.24) is 0 Å². The first-order chi connectivity index (χ1) is 7.99. The van der Waals surface area contributed by atoms with Gasteiger partial charge in [0.05, 0.1) is 4.88 Å². The number of rotatable bonds is 2. The van der Waals surface area contributed by atoms with Crippen molar-refractivity contribution in [1.29, 1.82) is 0 Å². The molecule has 0 fully saturated rings. The highest BCUT2D eigenvalue weighted by Crippen LogP contribution is 2.24. The van der Waals surface area contributed by atoms with E-state index in [1.54, 1.807) is 12.1 Å². The van der Waals surface area contributed by atoms with Gasteiger partial charge in [-0.15, -0.1) is 11.3 Å². The van der Waals surface area contributed by atoms with Crippen molar-refractivity contribution in [2.45, 2.75) is 6.92 Å². The number of halogens is 2. The molecule has 88 valence electrons. The predicted octanol–water partition coefficient (Wildman–Crippen LogP) is 3.15. The third-order valence-corrected chi connectivity index (χ3v) is 3.30. The average molecular weight is 253 g/mol. The second-order valence-electron chi connectivity index (χ2n) is 3.59. The Balaban J connectivity index is 2.47. The number of hydrogen-bond donors (Lipinski definition) is 1. The third-order valence-electron chi connectivity index (χ3n) is 2.30. The quantitative estimate of drug-likeness (QED) is 0.660. The number of nitrogens with two attached hydrogens (primary N) is 1. The summed E-state index contributed by atoms with van der Waals surface area (Å²) in [6.07, 6.45) is 0. The molecule has 0 atom stereocenters. The lowest BCUT2D eigenvalue weighted by molar-refractivity contribution is 0.104. The number of carbonyl (C=O) groups excluding carboxylic acids is 1. The Hall–Kier alpha value is -1.75. The number of aryl methyl sites for hydroxylation is 1. The summed E-state index contributed by atoms with van der Waals surface area (Å²) in [5.74, 6) is -2.52. The van der Waals surface area contributed by atoms with Crippen LogP contribution in [0.5, 0.6) is 0 Å². The standard InChI is InChI=1S/C12H9F2NOS/c1-6-2-3-11(17-6)12(16)7-4-8(13)9(14)5-10(7)15/h2-5H,15H2,1H3. The zero-order chi connectivity index (χ0) is 12.6. The van der Waals surface area contributed by atoms with Crippen molar-refractivity contribution in [3.63, 3.8) is 0 Å². The number of anilines is 1. The molecule has 0 radical (unpaired) electrons. The molecule has 2 rings (SSSR count). The normalized spacial score (nSPS) is 10.5. The molecule has 0 aliphatic rings. The lowest BCUT2D eigenvalue weighted by Crippen LogP contribution is -2.05. The maximum absolute atomic E-state index is 13.1. The second kappa shape index (κ2) is 4.25. The Morgan fingerprint density at radius 1 is 1.24 bits per heavy atom. The highest BCUT2D eigenvalue weighted by molar-refractivity contribution is 7.14. The Bertz CT molecular complexity index is 592. The average Bonchev–Trinajstić information content (AvgIpc) is 2.69. The highest BCUT2D eigenvalue weighted by atomic mass is 32.1. The van der Waals surface area contributed by atoms with E-state index in [0.29, 0.717) is 4.88 Å². The molecule has 2 aromatic rings. The molecule has 0 bridgehead atoms. The van der Waals surface area contributed by atoms with Crippen LogP contribution < -0.4 is 5.73 Å². The molecule has 0 aliphatic carbocycles. The summed E-state index contributed by atoms with van der Waals surface area (Å²) in [7, 11) is 0. The zero-order valence-corrected chi connectivity index (χ0v) is 9.78. The monoisotopic (exact) mass is 253 g/mol. The lowest BCUT2D eigenvalue weighted by Gasteiger charge is -2.04. The number of thiophene rings is 1. The van der Waals surface area contributed by atoms with Gasteiger partial charge in [-0.25, -0.2) is 8.78 Å². The molecule has 0 saturated carbocycles. The van der Waals surface area contributed by atoms with Crippen LogP contribution in [-0.4, -0.2) is 5.78 Å². The molecule has 2 nitrogen and oxygen atoms in total. The van der Waals surface area contributed by atoms with E-state index in [0.717, 1.165) is 17.0 Å². The van der Waals surface area contributed by atoms with Gasteiger partial charge in [-0.1, -0.05) is 0 Å². The first kappa shape index (κ1) is 11.7. The van der Waals surface area contributed by atoms with Crippen molar-refractivity contribution in [2.24, 2.45) is 0 Å². The summed E-state index contributed by atoms with van der Waals surface area (Å²) >= 11 is 1.29. The van der Waals surface area contributed by atoms with Crippen LogP contribution in [0.25, 0.3) is 0 Å². The fourth-order valence-corrected chi connectivity index (χ4v) is 2.27. The van der Waals surface area contributed by atoms with Crippen molar-refractivity contribution in [2.75, 3.05) is 5.73 Å². The smallest absolute Gasteiger partial charge is 0.205 e. The van der Waals surface area contributed by atoms with Gasteiger partial charge in [0.15, 0.2) is 11.6 Å².